The number of nitrogens with one attached hydrogen (secondary N) is 1. The zero-order chi connectivity index (χ0) is 14.9. The molecule has 106 valence electrons. The molecule has 0 aromatic heterocycles. The molecule has 0 aliphatic carbocycles. The molecular weight excluding hydrogens is 357 g/mol. The normalized spacial score (nSPS) is 12.5. The van der Waals surface area contributed by atoms with Crippen molar-refractivity contribution in [2.24, 2.45) is 0 Å². The highest BCUT2D eigenvalue weighted by Gasteiger charge is 2.16. The van der Waals surface area contributed by atoms with Crippen LogP contribution in [0, 0.1) is 13.8 Å². The average Bonchev–Trinajstić information content (AvgIpc) is 2.40. The fourth-order valence-corrected chi connectivity index (χ4v) is 2.96. The van der Waals surface area contributed by atoms with Crippen molar-refractivity contribution in [3.05, 3.63) is 67.1 Å². The van der Waals surface area contributed by atoms with E-state index in [4.69, 9.17) is 23.2 Å². The van der Waals surface area contributed by atoms with Gasteiger partial charge in [0.2, 0.25) is 0 Å². The van der Waals surface area contributed by atoms with Crippen LogP contribution in [0.3, 0.4) is 0 Å². The molecule has 4 heteroatoms. The summed E-state index contributed by atoms with van der Waals surface area (Å²) in [6.07, 6.45) is 0. The van der Waals surface area contributed by atoms with Crippen LogP contribution in [0.25, 0.3) is 0 Å². The molecule has 1 atom stereocenters. The lowest BCUT2D eigenvalue weighted by Gasteiger charge is -2.21. The van der Waals surface area contributed by atoms with Crippen molar-refractivity contribution >= 4 is 39.1 Å². The quantitative estimate of drug-likeness (QED) is 0.730. The summed E-state index contributed by atoms with van der Waals surface area (Å²) in [4.78, 5) is 0. The highest BCUT2D eigenvalue weighted by Crippen LogP contribution is 2.32. The van der Waals surface area contributed by atoms with Gasteiger partial charge < -0.3 is 5.32 Å². The van der Waals surface area contributed by atoms with Gasteiger partial charge in [0.15, 0.2) is 0 Å². The average molecular weight is 373 g/mol. The van der Waals surface area contributed by atoms with E-state index in [1.807, 2.05) is 32.2 Å². The molecule has 1 nitrogen and oxygen atoms in total. The molecule has 1 unspecified atom stereocenters. The van der Waals surface area contributed by atoms with E-state index in [0.29, 0.717) is 5.02 Å². The first kappa shape index (κ1) is 15.8. The minimum absolute atomic E-state index is 0.0940. The van der Waals surface area contributed by atoms with Gasteiger partial charge in [-0.2, -0.15) is 0 Å². The van der Waals surface area contributed by atoms with Gasteiger partial charge in [-0.05, 0) is 77.3 Å². The third kappa shape index (κ3) is 3.20. The molecule has 1 N–H and O–H groups in total. The van der Waals surface area contributed by atoms with Gasteiger partial charge in [-0.15, -0.1) is 0 Å². The molecule has 0 aliphatic rings. The Balaban J connectivity index is 2.52. The van der Waals surface area contributed by atoms with Crippen LogP contribution < -0.4 is 5.32 Å². The molecule has 2 aromatic rings. The second kappa shape index (κ2) is 6.48. The van der Waals surface area contributed by atoms with Gasteiger partial charge in [-0.1, -0.05) is 35.3 Å². The minimum Gasteiger partial charge on any atom is -0.309 e. The summed E-state index contributed by atoms with van der Waals surface area (Å²) in [6, 6.07) is 10.3. The van der Waals surface area contributed by atoms with Crippen LogP contribution in [0.1, 0.15) is 28.3 Å². The Morgan fingerprint density at radius 2 is 1.70 bits per heavy atom. The molecule has 0 heterocycles. The van der Waals surface area contributed by atoms with E-state index in [9.17, 15) is 0 Å². The predicted octanol–water partition coefficient (Wildman–Crippen LogP) is 5.68. The fraction of sp³-hybridized carbons (Fsp3) is 0.250. The molecule has 2 aromatic carbocycles. The maximum Gasteiger partial charge on any atom is 0.0577 e. The minimum atomic E-state index is 0.0940. The van der Waals surface area contributed by atoms with Gasteiger partial charge in [0.1, 0.15) is 0 Å². The molecule has 0 radical (unpaired) electrons. The lowest BCUT2D eigenvalue weighted by molar-refractivity contribution is 0.687. The van der Waals surface area contributed by atoms with Gasteiger partial charge in [0.25, 0.3) is 0 Å². The highest BCUT2D eigenvalue weighted by molar-refractivity contribution is 9.10. The third-order valence-electron chi connectivity index (χ3n) is 3.42. The monoisotopic (exact) mass is 371 g/mol. The number of hydrogen-bond acceptors (Lipinski definition) is 1. The van der Waals surface area contributed by atoms with Gasteiger partial charge >= 0.3 is 0 Å². The van der Waals surface area contributed by atoms with Gasteiger partial charge in [0, 0.05) is 9.50 Å². The van der Waals surface area contributed by atoms with Gasteiger partial charge in [-0.3, -0.25) is 0 Å². The summed E-state index contributed by atoms with van der Waals surface area (Å²) in [5, 5.41) is 4.87. The Labute approximate surface area is 138 Å². The van der Waals surface area contributed by atoms with Crippen molar-refractivity contribution in [3.8, 4) is 0 Å². The summed E-state index contributed by atoms with van der Waals surface area (Å²) in [6.45, 7) is 4.10. The summed E-state index contributed by atoms with van der Waals surface area (Å²) >= 11 is 15.8. The van der Waals surface area contributed by atoms with E-state index in [1.165, 1.54) is 11.1 Å². The zero-order valence-electron chi connectivity index (χ0n) is 11.6. The van der Waals surface area contributed by atoms with Crippen molar-refractivity contribution < 1.29 is 0 Å². The fourth-order valence-electron chi connectivity index (χ4n) is 2.31. The molecule has 0 fully saturated rings. The van der Waals surface area contributed by atoms with Crippen molar-refractivity contribution in [1.29, 1.82) is 0 Å². The Morgan fingerprint density at radius 1 is 1.00 bits per heavy atom. The van der Waals surface area contributed by atoms with E-state index in [-0.39, 0.29) is 6.04 Å². The second-order valence-corrected chi connectivity index (χ2v) is 6.52. The number of rotatable bonds is 3. The second-order valence-electron chi connectivity index (χ2n) is 4.85. The lowest BCUT2D eigenvalue weighted by Crippen LogP contribution is -2.19. The van der Waals surface area contributed by atoms with E-state index < -0.39 is 0 Å². The number of aryl methyl sites for hydroxylation is 2. The van der Waals surface area contributed by atoms with Crippen LogP contribution in [0.5, 0.6) is 0 Å². The number of halogens is 3. The summed E-state index contributed by atoms with van der Waals surface area (Å²) in [7, 11) is 1.95. The first-order valence-corrected chi connectivity index (χ1v) is 7.87. The molecular formula is C16H16BrCl2N. The standard InChI is InChI=1S/C16H16BrCl2N/c1-9-7-14(18)10(2)6-12(9)16(20-3)11-4-5-13(17)15(19)8-11/h4-8,16,20H,1-3H3. The summed E-state index contributed by atoms with van der Waals surface area (Å²) < 4.78 is 0.904. The topological polar surface area (TPSA) is 12.0 Å². The van der Waals surface area contributed by atoms with Crippen LogP contribution in [0.2, 0.25) is 10.0 Å². The largest absolute Gasteiger partial charge is 0.309 e. The van der Waals surface area contributed by atoms with Crippen molar-refractivity contribution in [2.45, 2.75) is 19.9 Å². The molecule has 0 amide bonds. The summed E-state index contributed by atoms with van der Waals surface area (Å²) in [5.41, 5.74) is 4.59. The zero-order valence-corrected chi connectivity index (χ0v) is 14.7. The first-order chi connectivity index (χ1) is 9.43. The van der Waals surface area contributed by atoms with Crippen molar-refractivity contribution in [2.75, 3.05) is 7.05 Å². The molecule has 20 heavy (non-hydrogen) atoms. The Bertz CT molecular complexity index is 641. The number of hydrogen-bond donors (Lipinski definition) is 1. The maximum atomic E-state index is 6.20. The van der Waals surface area contributed by atoms with Gasteiger partial charge in [0.05, 0.1) is 11.1 Å². The van der Waals surface area contributed by atoms with Crippen LogP contribution in [0.4, 0.5) is 0 Å². The van der Waals surface area contributed by atoms with E-state index in [1.54, 1.807) is 0 Å². The SMILES string of the molecule is CNC(c1ccc(Br)c(Cl)c1)c1cc(C)c(Cl)cc1C. The Kier molecular flexibility index (Phi) is 5.14. The highest BCUT2D eigenvalue weighted by atomic mass is 79.9. The van der Waals surface area contributed by atoms with Crippen LogP contribution >= 0.6 is 39.1 Å². The van der Waals surface area contributed by atoms with E-state index >= 15 is 0 Å². The molecule has 0 saturated carbocycles. The molecule has 0 spiro atoms. The van der Waals surface area contributed by atoms with Crippen molar-refractivity contribution in [3.63, 3.8) is 0 Å². The summed E-state index contributed by atoms with van der Waals surface area (Å²) in [5.74, 6) is 0. The number of benzene rings is 2. The van der Waals surface area contributed by atoms with Crippen LogP contribution in [0.15, 0.2) is 34.8 Å². The molecule has 2 rings (SSSR count). The van der Waals surface area contributed by atoms with Crippen molar-refractivity contribution in [1.82, 2.24) is 5.32 Å². The Morgan fingerprint density at radius 3 is 2.30 bits per heavy atom. The molecule has 0 bridgehead atoms. The predicted molar refractivity (Wildman–Crippen MR) is 91.0 cm³/mol. The first-order valence-electron chi connectivity index (χ1n) is 6.33. The molecule has 0 aliphatic heterocycles. The maximum absolute atomic E-state index is 6.20. The lowest BCUT2D eigenvalue weighted by atomic mass is 9.93. The molecule has 0 saturated heterocycles. The van der Waals surface area contributed by atoms with Crippen LogP contribution in [-0.2, 0) is 0 Å². The Hall–Kier alpha value is -0.540. The van der Waals surface area contributed by atoms with Gasteiger partial charge in [-0.25, -0.2) is 0 Å². The van der Waals surface area contributed by atoms with E-state index in [0.717, 1.165) is 20.6 Å². The van der Waals surface area contributed by atoms with E-state index in [2.05, 4.69) is 40.3 Å². The third-order valence-corrected chi connectivity index (χ3v) is 5.06. The smallest absolute Gasteiger partial charge is 0.0577 e. The van der Waals surface area contributed by atoms with Crippen LogP contribution in [-0.4, -0.2) is 7.05 Å².